The molecule has 0 spiro atoms. The molecule has 0 atom stereocenters. The summed E-state index contributed by atoms with van der Waals surface area (Å²) in [6.45, 7) is 10.1. The van der Waals surface area contributed by atoms with E-state index in [2.05, 4.69) is 41.7 Å². The van der Waals surface area contributed by atoms with Gasteiger partial charge in [-0.25, -0.2) is 0 Å². The summed E-state index contributed by atoms with van der Waals surface area (Å²) >= 11 is 0. The molecule has 1 fully saturated rings. The molecule has 0 aromatic carbocycles. The Morgan fingerprint density at radius 2 is 1.93 bits per heavy atom. The summed E-state index contributed by atoms with van der Waals surface area (Å²) in [5.41, 5.74) is 4.25. The van der Waals surface area contributed by atoms with Crippen LogP contribution in [-0.4, -0.2) is 35.6 Å². The lowest BCUT2D eigenvalue weighted by Crippen LogP contribution is -2.42. The molecule has 0 radical (unpaired) electrons. The van der Waals surface area contributed by atoms with Gasteiger partial charge in [0, 0.05) is 51.2 Å². The van der Waals surface area contributed by atoms with Gasteiger partial charge in [-0.2, -0.15) is 0 Å². The average molecular weight is 207 g/mol. The second-order valence-corrected chi connectivity index (χ2v) is 4.48. The Morgan fingerprint density at radius 3 is 2.47 bits per heavy atom. The first kappa shape index (κ1) is 10.7. The Morgan fingerprint density at radius 1 is 1.27 bits per heavy atom. The van der Waals surface area contributed by atoms with E-state index < -0.39 is 0 Å². The number of nitrogens with zero attached hydrogens (tertiary/aromatic N) is 2. The molecule has 0 unspecified atom stereocenters. The van der Waals surface area contributed by atoms with Crippen molar-refractivity contribution in [3.05, 3.63) is 23.0 Å². The van der Waals surface area contributed by atoms with Gasteiger partial charge < -0.3 is 9.88 Å². The van der Waals surface area contributed by atoms with Crippen molar-refractivity contribution in [2.75, 3.05) is 26.2 Å². The van der Waals surface area contributed by atoms with E-state index >= 15 is 0 Å². The maximum Gasteiger partial charge on any atom is 0.0252 e. The monoisotopic (exact) mass is 207 g/mol. The molecule has 2 rings (SSSR count). The molecule has 1 N–H and O–H groups in total. The maximum atomic E-state index is 3.38. The molecule has 1 aromatic heterocycles. The molecule has 3 nitrogen and oxygen atoms in total. The minimum absolute atomic E-state index is 1.11. The van der Waals surface area contributed by atoms with Gasteiger partial charge >= 0.3 is 0 Å². The van der Waals surface area contributed by atoms with Gasteiger partial charge in [0.15, 0.2) is 0 Å². The first-order chi connectivity index (χ1) is 7.18. The fourth-order valence-electron chi connectivity index (χ4n) is 2.20. The number of nitrogens with one attached hydrogen (secondary N) is 1. The van der Waals surface area contributed by atoms with Crippen LogP contribution in [0.15, 0.2) is 6.07 Å². The number of rotatable bonds is 2. The molecule has 1 aromatic rings. The summed E-state index contributed by atoms with van der Waals surface area (Å²) in [4.78, 5) is 2.53. The zero-order valence-electron chi connectivity index (χ0n) is 10.0. The van der Waals surface area contributed by atoms with Crippen LogP contribution < -0.4 is 5.32 Å². The molecular formula is C12H21N3. The number of aryl methyl sites for hydroxylation is 1. The van der Waals surface area contributed by atoms with E-state index in [4.69, 9.17) is 0 Å². The Hall–Kier alpha value is -0.800. The first-order valence-electron chi connectivity index (χ1n) is 5.73. The van der Waals surface area contributed by atoms with Crippen molar-refractivity contribution in [1.82, 2.24) is 14.8 Å². The van der Waals surface area contributed by atoms with E-state index in [0.717, 1.165) is 19.6 Å². The van der Waals surface area contributed by atoms with Crippen LogP contribution in [0.3, 0.4) is 0 Å². The van der Waals surface area contributed by atoms with Crippen molar-refractivity contribution in [1.29, 1.82) is 0 Å². The molecule has 84 valence electrons. The number of hydrogen-bond donors (Lipinski definition) is 1. The van der Waals surface area contributed by atoms with Gasteiger partial charge in [-0.1, -0.05) is 0 Å². The van der Waals surface area contributed by atoms with E-state index in [1.54, 1.807) is 0 Å². The highest BCUT2D eigenvalue weighted by Gasteiger charge is 2.13. The molecule has 15 heavy (non-hydrogen) atoms. The smallest absolute Gasteiger partial charge is 0.0252 e. The standard InChI is InChI=1S/C12H21N3/c1-10-8-12(11(2)14(10)3)9-15-6-4-13-5-7-15/h8,13H,4-7,9H2,1-3H3. The second kappa shape index (κ2) is 4.37. The van der Waals surface area contributed by atoms with E-state index in [-0.39, 0.29) is 0 Å². The van der Waals surface area contributed by atoms with E-state index in [1.165, 1.54) is 30.0 Å². The maximum absolute atomic E-state index is 3.38. The molecule has 0 aliphatic carbocycles. The lowest BCUT2D eigenvalue weighted by molar-refractivity contribution is 0.233. The zero-order valence-corrected chi connectivity index (χ0v) is 10.0. The molecule has 3 heteroatoms. The van der Waals surface area contributed by atoms with Crippen molar-refractivity contribution < 1.29 is 0 Å². The van der Waals surface area contributed by atoms with Crippen molar-refractivity contribution >= 4 is 0 Å². The van der Waals surface area contributed by atoms with Crippen LogP contribution in [-0.2, 0) is 13.6 Å². The van der Waals surface area contributed by atoms with Crippen molar-refractivity contribution in [3.63, 3.8) is 0 Å². The fraction of sp³-hybridized carbons (Fsp3) is 0.667. The average Bonchev–Trinajstić information content (AvgIpc) is 2.48. The fourth-order valence-corrected chi connectivity index (χ4v) is 2.20. The van der Waals surface area contributed by atoms with Crippen LogP contribution in [0.25, 0.3) is 0 Å². The number of hydrogen-bond acceptors (Lipinski definition) is 2. The topological polar surface area (TPSA) is 20.2 Å². The molecule has 1 aliphatic heterocycles. The quantitative estimate of drug-likeness (QED) is 0.782. The van der Waals surface area contributed by atoms with Crippen molar-refractivity contribution in [3.8, 4) is 0 Å². The van der Waals surface area contributed by atoms with Crippen LogP contribution in [0, 0.1) is 13.8 Å². The van der Waals surface area contributed by atoms with E-state index in [0.29, 0.717) is 0 Å². The third-order valence-corrected chi connectivity index (χ3v) is 3.48. The third kappa shape index (κ3) is 2.24. The lowest BCUT2D eigenvalue weighted by atomic mass is 10.2. The van der Waals surface area contributed by atoms with Gasteiger partial charge in [-0.3, -0.25) is 4.90 Å². The van der Waals surface area contributed by atoms with Crippen LogP contribution >= 0.6 is 0 Å². The van der Waals surface area contributed by atoms with Gasteiger partial charge in [0.25, 0.3) is 0 Å². The predicted octanol–water partition coefficient (Wildman–Crippen LogP) is 1.05. The predicted molar refractivity (Wildman–Crippen MR) is 63.0 cm³/mol. The molecular weight excluding hydrogens is 186 g/mol. The van der Waals surface area contributed by atoms with Gasteiger partial charge in [0.1, 0.15) is 0 Å². The highest BCUT2D eigenvalue weighted by Crippen LogP contribution is 2.15. The van der Waals surface area contributed by atoms with E-state index in [1.807, 2.05) is 0 Å². The SMILES string of the molecule is Cc1cc(CN2CCNCC2)c(C)n1C. The summed E-state index contributed by atoms with van der Waals surface area (Å²) in [5.74, 6) is 0. The number of piperazine rings is 1. The molecule has 1 aliphatic rings. The number of aromatic nitrogens is 1. The summed E-state index contributed by atoms with van der Waals surface area (Å²) in [7, 11) is 2.14. The highest BCUT2D eigenvalue weighted by atomic mass is 15.2. The Bertz CT molecular complexity index is 335. The zero-order chi connectivity index (χ0) is 10.8. The minimum atomic E-state index is 1.11. The Labute approximate surface area is 92.1 Å². The highest BCUT2D eigenvalue weighted by molar-refractivity contribution is 5.26. The van der Waals surface area contributed by atoms with Gasteiger partial charge in [-0.05, 0) is 25.5 Å². The largest absolute Gasteiger partial charge is 0.352 e. The summed E-state index contributed by atoms with van der Waals surface area (Å²) in [6, 6.07) is 2.32. The minimum Gasteiger partial charge on any atom is -0.352 e. The third-order valence-electron chi connectivity index (χ3n) is 3.48. The Kier molecular flexibility index (Phi) is 3.12. The van der Waals surface area contributed by atoms with E-state index in [9.17, 15) is 0 Å². The van der Waals surface area contributed by atoms with Gasteiger partial charge in [0.05, 0.1) is 0 Å². The Balaban J connectivity index is 2.06. The molecule has 0 bridgehead atoms. The summed E-state index contributed by atoms with van der Waals surface area (Å²) in [6.07, 6.45) is 0. The normalized spacial score (nSPS) is 18.3. The van der Waals surface area contributed by atoms with Crippen LogP contribution in [0.2, 0.25) is 0 Å². The summed E-state index contributed by atoms with van der Waals surface area (Å²) < 4.78 is 2.28. The van der Waals surface area contributed by atoms with Gasteiger partial charge in [0.2, 0.25) is 0 Å². The lowest BCUT2D eigenvalue weighted by Gasteiger charge is -2.27. The molecule has 2 heterocycles. The second-order valence-electron chi connectivity index (χ2n) is 4.48. The molecule has 0 amide bonds. The molecule has 1 saturated heterocycles. The van der Waals surface area contributed by atoms with Crippen molar-refractivity contribution in [2.24, 2.45) is 7.05 Å². The first-order valence-corrected chi connectivity index (χ1v) is 5.73. The summed E-state index contributed by atoms with van der Waals surface area (Å²) in [5, 5.41) is 3.38. The van der Waals surface area contributed by atoms with Crippen molar-refractivity contribution in [2.45, 2.75) is 20.4 Å². The van der Waals surface area contributed by atoms with Crippen LogP contribution in [0.1, 0.15) is 17.0 Å². The van der Waals surface area contributed by atoms with Crippen LogP contribution in [0.5, 0.6) is 0 Å². The molecule has 0 saturated carbocycles. The van der Waals surface area contributed by atoms with Crippen LogP contribution in [0.4, 0.5) is 0 Å². The van der Waals surface area contributed by atoms with Gasteiger partial charge in [-0.15, -0.1) is 0 Å².